The van der Waals surface area contributed by atoms with Crippen LogP contribution < -0.4 is 0 Å². The molecule has 0 spiro atoms. The average Bonchev–Trinajstić information content (AvgIpc) is 2.49. The summed E-state index contributed by atoms with van der Waals surface area (Å²) in [7, 11) is 1.73. The van der Waals surface area contributed by atoms with Gasteiger partial charge in [0.15, 0.2) is 0 Å². The highest BCUT2D eigenvalue weighted by Crippen LogP contribution is 2.18. The van der Waals surface area contributed by atoms with E-state index in [1.807, 2.05) is 25.1 Å². The van der Waals surface area contributed by atoms with E-state index in [0.29, 0.717) is 22.7 Å². The Morgan fingerprint density at radius 3 is 2.71 bits per heavy atom. The fraction of sp³-hybridized carbons (Fsp3) is 0.176. The van der Waals surface area contributed by atoms with E-state index in [2.05, 4.69) is 6.07 Å². The second-order valence-electron chi connectivity index (χ2n) is 4.94. The van der Waals surface area contributed by atoms with Crippen LogP contribution in [-0.2, 0) is 6.54 Å². The molecule has 0 aliphatic heterocycles. The largest absolute Gasteiger partial charge is 0.337 e. The van der Waals surface area contributed by atoms with Gasteiger partial charge < -0.3 is 4.90 Å². The minimum atomic E-state index is -0.0979. The van der Waals surface area contributed by atoms with Gasteiger partial charge in [-0.2, -0.15) is 5.26 Å². The molecule has 0 aliphatic rings. The average molecular weight is 299 g/mol. The van der Waals surface area contributed by atoms with Gasteiger partial charge >= 0.3 is 0 Å². The Bertz CT molecular complexity index is 719. The lowest BCUT2D eigenvalue weighted by Crippen LogP contribution is -2.26. The van der Waals surface area contributed by atoms with Crippen molar-refractivity contribution in [1.29, 1.82) is 5.26 Å². The van der Waals surface area contributed by atoms with Crippen LogP contribution in [0.1, 0.15) is 27.0 Å². The lowest BCUT2D eigenvalue weighted by molar-refractivity contribution is 0.0785. The Hall–Kier alpha value is -2.31. The van der Waals surface area contributed by atoms with E-state index in [4.69, 9.17) is 16.9 Å². The van der Waals surface area contributed by atoms with Crippen LogP contribution >= 0.6 is 11.6 Å². The molecule has 0 fully saturated rings. The first-order valence-electron chi connectivity index (χ1n) is 6.52. The fourth-order valence-electron chi connectivity index (χ4n) is 2.03. The lowest BCUT2D eigenvalue weighted by atomic mass is 10.1. The molecule has 0 unspecified atom stereocenters. The summed E-state index contributed by atoms with van der Waals surface area (Å²) in [4.78, 5) is 14.0. The lowest BCUT2D eigenvalue weighted by Gasteiger charge is -2.18. The summed E-state index contributed by atoms with van der Waals surface area (Å²) < 4.78 is 0. The van der Waals surface area contributed by atoms with Gasteiger partial charge in [0.05, 0.1) is 11.6 Å². The number of carbonyl (C=O) groups excluding carboxylic acids is 1. The highest BCUT2D eigenvalue weighted by atomic mass is 35.5. The molecular weight excluding hydrogens is 284 g/mol. The highest BCUT2D eigenvalue weighted by Gasteiger charge is 2.13. The maximum atomic E-state index is 12.4. The first-order valence-corrected chi connectivity index (χ1v) is 6.89. The third-order valence-corrected chi connectivity index (χ3v) is 3.65. The second-order valence-corrected chi connectivity index (χ2v) is 5.34. The molecular formula is C17H15ClN2O. The normalized spacial score (nSPS) is 10.0. The predicted molar refractivity (Wildman–Crippen MR) is 83.1 cm³/mol. The second kappa shape index (κ2) is 6.43. The van der Waals surface area contributed by atoms with Crippen molar-refractivity contribution in [2.45, 2.75) is 13.5 Å². The first-order chi connectivity index (χ1) is 10.0. The van der Waals surface area contributed by atoms with E-state index in [1.54, 1.807) is 36.2 Å². The summed E-state index contributed by atoms with van der Waals surface area (Å²) >= 11 is 6.06. The number of amides is 1. The summed E-state index contributed by atoms with van der Waals surface area (Å²) in [6.45, 7) is 2.34. The minimum Gasteiger partial charge on any atom is -0.337 e. The summed E-state index contributed by atoms with van der Waals surface area (Å²) in [5, 5.41) is 9.48. The molecule has 0 saturated heterocycles. The molecule has 3 nitrogen and oxygen atoms in total. The van der Waals surface area contributed by atoms with Crippen LogP contribution in [0.5, 0.6) is 0 Å². The summed E-state index contributed by atoms with van der Waals surface area (Å²) in [6, 6.07) is 14.6. The molecule has 0 radical (unpaired) electrons. The molecule has 0 aromatic heterocycles. The molecule has 106 valence electrons. The highest BCUT2D eigenvalue weighted by molar-refractivity contribution is 6.31. The van der Waals surface area contributed by atoms with Gasteiger partial charge in [-0.15, -0.1) is 0 Å². The first kappa shape index (κ1) is 15.1. The number of rotatable bonds is 3. The number of carbonyl (C=O) groups is 1. The minimum absolute atomic E-state index is 0.0979. The van der Waals surface area contributed by atoms with Gasteiger partial charge in [-0.1, -0.05) is 29.8 Å². The maximum Gasteiger partial charge on any atom is 0.253 e. The van der Waals surface area contributed by atoms with Crippen molar-refractivity contribution in [2.24, 2.45) is 0 Å². The van der Waals surface area contributed by atoms with Gasteiger partial charge in [-0.25, -0.2) is 0 Å². The van der Waals surface area contributed by atoms with Gasteiger partial charge in [0.25, 0.3) is 5.91 Å². The SMILES string of the molecule is Cc1ccc(C(=O)N(C)Cc2cccc(C#N)c2)cc1Cl. The molecule has 0 saturated carbocycles. The van der Waals surface area contributed by atoms with Crippen molar-refractivity contribution in [2.75, 3.05) is 7.05 Å². The van der Waals surface area contributed by atoms with E-state index in [0.717, 1.165) is 11.1 Å². The van der Waals surface area contributed by atoms with Crippen molar-refractivity contribution in [3.63, 3.8) is 0 Å². The molecule has 0 atom stereocenters. The van der Waals surface area contributed by atoms with Crippen molar-refractivity contribution < 1.29 is 4.79 Å². The smallest absolute Gasteiger partial charge is 0.253 e. The maximum absolute atomic E-state index is 12.4. The number of hydrogen-bond donors (Lipinski definition) is 0. The quantitative estimate of drug-likeness (QED) is 0.865. The van der Waals surface area contributed by atoms with Gasteiger partial charge in [-0.3, -0.25) is 4.79 Å². The van der Waals surface area contributed by atoms with Crippen molar-refractivity contribution >= 4 is 17.5 Å². The molecule has 0 N–H and O–H groups in total. The van der Waals surface area contributed by atoms with Gasteiger partial charge in [0, 0.05) is 24.2 Å². The predicted octanol–water partition coefficient (Wildman–Crippen LogP) is 3.79. The zero-order valence-corrected chi connectivity index (χ0v) is 12.7. The number of benzene rings is 2. The van der Waals surface area contributed by atoms with Crippen LogP contribution in [0.25, 0.3) is 0 Å². The summed E-state index contributed by atoms with van der Waals surface area (Å²) in [6.07, 6.45) is 0. The van der Waals surface area contributed by atoms with Crippen LogP contribution in [0.15, 0.2) is 42.5 Å². The molecule has 2 rings (SSSR count). The number of hydrogen-bond acceptors (Lipinski definition) is 2. The Labute approximate surface area is 129 Å². The fourth-order valence-corrected chi connectivity index (χ4v) is 2.21. The van der Waals surface area contributed by atoms with Crippen LogP contribution in [0, 0.1) is 18.3 Å². The molecule has 0 heterocycles. The van der Waals surface area contributed by atoms with E-state index in [1.165, 1.54) is 0 Å². The molecule has 2 aromatic rings. The van der Waals surface area contributed by atoms with E-state index in [9.17, 15) is 4.79 Å². The van der Waals surface area contributed by atoms with E-state index < -0.39 is 0 Å². The standard InChI is InChI=1S/C17H15ClN2O/c1-12-6-7-15(9-16(12)18)17(21)20(2)11-14-5-3-4-13(8-14)10-19/h3-9H,11H2,1-2H3. The van der Waals surface area contributed by atoms with Crippen molar-refractivity contribution in [1.82, 2.24) is 4.90 Å². The van der Waals surface area contributed by atoms with Crippen LogP contribution in [0.4, 0.5) is 0 Å². The Morgan fingerprint density at radius 1 is 1.29 bits per heavy atom. The van der Waals surface area contributed by atoms with E-state index in [-0.39, 0.29) is 5.91 Å². The van der Waals surface area contributed by atoms with Crippen LogP contribution in [-0.4, -0.2) is 17.9 Å². The zero-order valence-electron chi connectivity index (χ0n) is 11.9. The number of nitriles is 1. The Morgan fingerprint density at radius 2 is 2.05 bits per heavy atom. The van der Waals surface area contributed by atoms with Gasteiger partial charge in [0.1, 0.15) is 0 Å². The third kappa shape index (κ3) is 3.62. The number of halogens is 1. The Balaban J connectivity index is 2.15. The molecule has 2 aromatic carbocycles. The summed E-state index contributed by atoms with van der Waals surface area (Å²) in [5.74, 6) is -0.0979. The van der Waals surface area contributed by atoms with Crippen molar-refractivity contribution in [3.05, 3.63) is 69.7 Å². The van der Waals surface area contributed by atoms with Gasteiger partial charge in [0.2, 0.25) is 0 Å². The summed E-state index contributed by atoms with van der Waals surface area (Å²) in [5.41, 5.74) is 3.01. The monoisotopic (exact) mass is 298 g/mol. The zero-order chi connectivity index (χ0) is 15.4. The van der Waals surface area contributed by atoms with E-state index >= 15 is 0 Å². The molecule has 1 amide bonds. The number of aryl methyl sites for hydroxylation is 1. The molecule has 0 aliphatic carbocycles. The van der Waals surface area contributed by atoms with Crippen LogP contribution in [0.2, 0.25) is 5.02 Å². The molecule has 4 heteroatoms. The molecule has 21 heavy (non-hydrogen) atoms. The molecule has 0 bridgehead atoms. The topological polar surface area (TPSA) is 44.1 Å². The third-order valence-electron chi connectivity index (χ3n) is 3.24. The van der Waals surface area contributed by atoms with Crippen molar-refractivity contribution in [3.8, 4) is 6.07 Å². The Kier molecular flexibility index (Phi) is 4.62. The van der Waals surface area contributed by atoms with Crippen LogP contribution in [0.3, 0.4) is 0 Å². The van der Waals surface area contributed by atoms with Gasteiger partial charge in [-0.05, 0) is 42.3 Å². The number of nitrogens with zero attached hydrogens (tertiary/aromatic N) is 2.